The Morgan fingerprint density at radius 1 is 1.10 bits per heavy atom. The minimum absolute atomic E-state index is 0.0543. The Labute approximate surface area is 192 Å². The Hall–Kier alpha value is -2.06. The molecule has 1 amide bonds. The maximum atomic E-state index is 14.1. The highest BCUT2D eigenvalue weighted by molar-refractivity contribution is 7.99. The van der Waals surface area contributed by atoms with E-state index in [0.29, 0.717) is 42.2 Å². The van der Waals surface area contributed by atoms with Gasteiger partial charge >= 0.3 is 0 Å². The van der Waals surface area contributed by atoms with Crippen molar-refractivity contribution in [1.29, 1.82) is 0 Å². The molecule has 0 atom stereocenters. The van der Waals surface area contributed by atoms with Crippen molar-refractivity contribution in [1.82, 2.24) is 14.9 Å². The molecule has 1 fully saturated rings. The molecule has 0 unspecified atom stereocenters. The van der Waals surface area contributed by atoms with Gasteiger partial charge in [0.15, 0.2) is 5.16 Å². The van der Waals surface area contributed by atoms with Gasteiger partial charge in [-0.05, 0) is 39.8 Å². The van der Waals surface area contributed by atoms with Crippen LogP contribution in [0.2, 0.25) is 5.15 Å². The fraction of sp³-hybridized carbons (Fsp3) is 0.500. The summed E-state index contributed by atoms with van der Waals surface area (Å²) in [5.41, 5.74) is 0.623. The molecule has 2 heterocycles. The SMILES string of the molecule is CC(C)N(C(=O)CSc1nc(Cl)cc(N2CCN(c3ccccc3F)CC2)n1)C(C)C. The summed E-state index contributed by atoms with van der Waals surface area (Å²) in [6, 6.07) is 8.83. The topological polar surface area (TPSA) is 52.6 Å². The van der Waals surface area contributed by atoms with E-state index in [1.165, 1.54) is 17.8 Å². The summed E-state index contributed by atoms with van der Waals surface area (Å²) < 4.78 is 14.1. The third-order valence-corrected chi connectivity index (χ3v) is 6.21. The van der Waals surface area contributed by atoms with Crippen molar-refractivity contribution in [2.45, 2.75) is 44.9 Å². The third kappa shape index (κ3) is 6.01. The zero-order valence-electron chi connectivity index (χ0n) is 18.4. The van der Waals surface area contributed by atoms with Crippen LogP contribution in [0.3, 0.4) is 0 Å². The molecule has 3 rings (SSSR count). The average molecular weight is 466 g/mol. The Balaban J connectivity index is 1.64. The summed E-state index contributed by atoms with van der Waals surface area (Å²) >= 11 is 7.55. The molecule has 168 valence electrons. The van der Waals surface area contributed by atoms with Gasteiger partial charge in [-0.25, -0.2) is 14.4 Å². The lowest BCUT2D eigenvalue weighted by molar-refractivity contribution is -0.131. The fourth-order valence-corrected chi connectivity index (χ4v) is 4.82. The molecule has 1 aliphatic rings. The number of carbonyl (C=O) groups excluding carboxylic acids is 1. The first-order valence-corrected chi connectivity index (χ1v) is 11.9. The molecule has 1 aromatic carbocycles. The van der Waals surface area contributed by atoms with Gasteiger partial charge in [0, 0.05) is 44.3 Å². The van der Waals surface area contributed by atoms with Gasteiger partial charge < -0.3 is 14.7 Å². The van der Waals surface area contributed by atoms with Crippen molar-refractivity contribution in [3.8, 4) is 0 Å². The summed E-state index contributed by atoms with van der Waals surface area (Å²) in [5.74, 6) is 0.838. The summed E-state index contributed by atoms with van der Waals surface area (Å²) in [7, 11) is 0. The van der Waals surface area contributed by atoms with E-state index < -0.39 is 0 Å². The standard InChI is InChI=1S/C22H29ClFN5OS/c1-15(2)29(16(3)4)21(30)14-31-22-25-19(23)13-20(26-22)28-11-9-27(10-12-28)18-8-6-5-7-17(18)24/h5-8,13,15-16H,9-12,14H2,1-4H3. The van der Waals surface area contributed by atoms with E-state index in [1.807, 2.05) is 43.6 Å². The third-order valence-electron chi connectivity index (χ3n) is 5.18. The van der Waals surface area contributed by atoms with Gasteiger partial charge in [0.1, 0.15) is 16.8 Å². The summed E-state index contributed by atoms with van der Waals surface area (Å²) in [6.07, 6.45) is 0. The smallest absolute Gasteiger partial charge is 0.233 e. The molecule has 6 nitrogen and oxygen atoms in total. The van der Waals surface area contributed by atoms with Gasteiger partial charge in [-0.1, -0.05) is 35.5 Å². The zero-order chi connectivity index (χ0) is 22.5. The van der Waals surface area contributed by atoms with E-state index in [1.54, 1.807) is 18.2 Å². The lowest BCUT2D eigenvalue weighted by Gasteiger charge is -2.36. The number of hydrogen-bond acceptors (Lipinski definition) is 6. The molecule has 31 heavy (non-hydrogen) atoms. The molecular formula is C22H29ClFN5OS. The van der Waals surface area contributed by atoms with Gasteiger partial charge in [-0.3, -0.25) is 4.79 Å². The summed E-state index contributed by atoms with van der Waals surface area (Å²) in [6.45, 7) is 10.8. The molecule has 1 saturated heterocycles. The van der Waals surface area contributed by atoms with Crippen LogP contribution in [0.5, 0.6) is 0 Å². The minimum Gasteiger partial charge on any atom is -0.366 e. The van der Waals surface area contributed by atoms with Crippen LogP contribution in [0.15, 0.2) is 35.5 Å². The fourth-order valence-electron chi connectivity index (χ4n) is 3.87. The van der Waals surface area contributed by atoms with Crippen LogP contribution in [0, 0.1) is 5.82 Å². The molecule has 0 saturated carbocycles. The van der Waals surface area contributed by atoms with E-state index in [-0.39, 0.29) is 29.6 Å². The quantitative estimate of drug-likeness (QED) is 0.344. The normalized spacial score (nSPS) is 14.5. The summed E-state index contributed by atoms with van der Waals surface area (Å²) in [5, 5.41) is 0.834. The highest BCUT2D eigenvalue weighted by atomic mass is 35.5. The number of halogens is 2. The molecule has 0 radical (unpaired) electrons. The van der Waals surface area contributed by atoms with Crippen molar-refractivity contribution in [2.24, 2.45) is 0 Å². The first-order chi connectivity index (χ1) is 14.8. The predicted octanol–water partition coefficient (Wildman–Crippen LogP) is 4.33. The number of thioether (sulfide) groups is 1. The van der Waals surface area contributed by atoms with E-state index in [9.17, 15) is 9.18 Å². The number of anilines is 2. The second-order valence-electron chi connectivity index (χ2n) is 8.03. The van der Waals surface area contributed by atoms with Crippen LogP contribution in [0.25, 0.3) is 0 Å². The molecule has 0 spiro atoms. The molecule has 2 aromatic rings. The molecule has 1 aromatic heterocycles. The number of para-hydroxylation sites is 1. The molecule has 9 heteroatoms. The highest BCUT2D eigenvalue weighted by Gasteiger charge is 2.23. The first-order valence-electron chi connectivity index (χ1n) is 10.5. The summed E-state index contributed by atoms with van der Waals surface area (Å²) in [4.78, 5) is 27.6. The number of aromatic nitrogens is 2. The van der Waals surface area contributed by atoms with Gasteiger partial charge in [0.2, 0.25) is 5.91 Å². The average Bonchev–Trinajstić information content (AvgIpc) is 2.72. The number of benzene rings is 1. The second-order valence-corrected chi connectivity index (χ2v) is 9.36. The Morgan fingerprint density at radius 3 is 2.32 bits per heavy atom. The molecular weight excluding hydrogens is 437 g/mol. The van der Waals surface area contributed by atoms with E-state index in [2.05, 4.69) is 14.9 Å². The minimum atomic E-state index is -0.207. The first kappa shape index (κ1) is 23.6. The number of carbonyl (C=O) groups is 1. The predicted molar refractivity (Wildman–Crippen MR) is 126 cm³/mol. The van der Waals surface area contributed by atoms with Gasteiger partial charge in [0.25, 0.3) is 0 Å². The molecule has 0 bridgehead atoms. The Morgan fingerprint density at radius 2 is 1.71 bits per heavy atom. The van der Waals surface area contributed by atoms with Gasteiger partial charge in [0.05, 0.1) is 11.4 Å². The largest absolute Gasteiger partial charge is 0.366 e. The van der Waals surface area contributed by atoms with Crippen molar-refractivity contribution in [2.75, 3.05) is 41.7 Å². The molecule has 0 aliphatic carbocycles. The van der Waals surface area contributed by atoms with Gasteiger partial charge in [-0.2, -0.15) is 0 Å². The van der Waals surface area contributed by atoms with Crippen molar-refractivity contribution in [3.05, 3.63) is 41.3 Å². The van der Waals surface area contributed by atoms with Crippen LogP contribution < -0.4 is 9.80 Å². The Kier molecular flexibility index (Phi) is 8.00. The lowest BCUT2D eigenvalue weighted by atomic mass is 10.2. The highest BCUT2D eigenvalue weighted by Crippen LogP contribution is 2.25. The number of piperazine rings is 1. The number of hydrogen-bond donors (Lipinski definition) is 0. The van der Waals surface area contributed by atoms with E-state index >= 15 is 0 Å². The number of rotatable bonds is 7. The van der Waals surface area contributed by atoms with Crippen molar-refractivity contribution >= 4 is 40.8 Å². The molecule has 1 aliphatic heterocycles. The zero-order valence-corrected chi connectivity index (χ0v) is 20.0. The van der Waals surface area contributed by atoms with Crippen LogP contribution in [-0.4, -0.2) is 64.8 Å². The number of amides is 1. The maximum Gasteiger partial charge on any atom is 0.233 e. The van der Waals surface area contributed by atoms with Crippen LogP contribution in [0.4, 0.5) is 15.9 Å². The monoisotopic (exact) mass is 465 g/mol. The Bertz CT molecular complexity index is 897. The maximum absolute atomic E-state index is 14.1. The lowest BCUT2D eigenvalue weighted by Crippen LogP contribution is -2.47. The molecule has 0 N–H and O–H groups in total. The second kappa shape index (κ2) is 10.5. The van der Waals surface area contributed by atoms with Crippen molar-refractivity contribution in [3.63, 3.8) is 0 Å². The number of nitrogens with zero attached hydrogens (tertiary/aromatic N) is 5. The van der Waals surface area contributed by atoms with E-state index in [0.717, 1.165) is 5.82 Å². The van der Waals surface area contributed by atoms with Crippen LogP contribution >= 0.6 is 23.4 Å². The van der Waals surface area contributed by atoms with Crippen LogP contribution in [0.1, 0.15) is 27.7 Å². The van der Waals surface area contributed by atoms with Crippen molar-refractivity contribution < 1.29 is 9.18 Å². The van der Waals surface area contributed by atoms with E-state index in [4.69, 9.17) is 11.6 Å². The van der Waals surface area contributed by atoms with Crippen LogP contribution in [-0.2, 0) is 4.79 Å². The van der Waals surface area contributed by atoms with Gasteiger partial charge in [-0.15, -0.1) is 0 Å².